The van der Waals surface area contributed by atoms with Crippen molar-refractivity contribution in [2.45, 2.75) is 32.8 Å². The number of anilines is 2. The van der Waals surface area contributed by atoms with Crippen LogP contribution in [0.3, 0.4) is 0 Å². The minimum Gasteiger partial charge on any atom is -0.444 e. The van der Waals surface area contributed by atoms with Gasteiger partial charge in [-0.3, -0.25) is 14.5 Å². The lowest BCUT2D eigenvalue weighted by atomic mass is 10.1. The molecule has 0 aliphatic carbocycles. The number of carbonyl (C=O) groups excluding carboxylic acids is 3. The van der Waals surface area contributed by atoms with Crippen LogP contribution in [0, 0.1) is 5.82 Å². The summed E-state index contributed by atoms with van der Waals surface area (Å²) in [6.45, 7) is 5.33. The Balaban J connectivity index is 1.65. The lowest BCUT2D eigenvalue weighted by Crippen LogP contribution is -2.33. The molecule has 1 aromatic rings. The summed E-state index contributed by atoms with van der Waals surface area (Å²) in [6, 6.07) is 4.65. The molecular weight excluding hydrogens is 381 g/mol. The van der Waals surface area contributed by atoms with Crippen LogP contribution in [0.4, 0.5) is 20.6 Å². The number of ether oxygens (including phenoxy) is 1. The third-order valence-corrected chi connectivity index (χ3v) is 4.93. The monoisotopic (exact) mass is 407 g/mol. The van der Waals surface area contributed by atoms with Gasteiger partial charge in [0.25, 0.3) is 0 Å². The number of rotatable bonds is 7. The van der Waals surface area contributed by atoms with Crippen LogP contribution >= 0.6 is 0 Å². The first kappa shape index (κ1) is 21.2. The maximum absolute atomic E-state index is 14.8. The molecule has 2 heterocycles. The van der Waals surface area contributed by atoms with Gasteiger partial charge in [0, 0.05) is 26.1 Å². The van der Waals surface area contributed by atoms with Gasteiger partial charge in [0.1, 0.15) is 23.5 Å². The van der Waals surface area contributed by atoms with Gasteiger partial charge < -0.3 is 14.4 Å². The fourth-order valence-corrected chi connectivity index (χ4v) is 3.47. The Kier molecular flexibility index (Phi) is 6.81. The molecule has 3 rings (SSSR count). The zero-order chi connectivity index (χ0) is 21.0. The summed E-state index contributed by atoms with van der Waals surface area (Å²) in [5.41, 5.74) is 0.841. The molecule has 2 aliphatic heterocycles. The Morgan fingerprint density at radius 3 is 2.66 bits per heavy atom. The molecular formula is C20H26FN3O5. The molecule has 29 heavy (non-hydrogen) atoms. The van der Waals surface area contributed by atoms with Gasteiger partial charge in [-0.05, 0) is 38.5 Å². The molecule has 1 amide bonds. The van der Waals surface area contributed by atoms with E-state index in [9.17, 15) is 18.8 Å². The van der Waals surface area contributed by atoms with Crippen molar-refractivity contribution in [2.24, 2.45) is 0 Å². The predicted octanol–water partition coefficient (Wildman–Crippen LogP) is 2.16. The number of amides is 1. The standard InChI is InChI=1S/C20H26FN3O5/c1-14(25)3-5-17-13-24(20(27)29-17)16-4-6-19(18(21)11-16)22-7-8-23(12-15(2)26)28-10-9-22/h4,6,11,17H,3,5,7-10,12-13H2,1-2H3/t17-/m0/s1. The molecule has 1 atom stereocenters. The van der Waals surface area contributed by atoms with E-state index < -0.39 is 11.9 Å². The summed E-state index contributed by atoms with van der Waals surface area (Å²) < 4.78 is 20.1. The summed E-state index contributed by atoms with van der Waals surface area (Å²) >= 11 is 0. The van der Waals surface area contributed by atoms with E-state index in [0.29, 0.717) is 57.0 Å². The van der Waals surface area contributed by atoms with Crippen LogP contribution in [-0.2, 0) is 19.2 Å². The molecule has 0 N–H and O–H groups in total. The Labute approximate surface area is 169 Å². The first-order valence-electron chi connectivity index (χ1n) is 9.73. The molecule has 0 saturated carbocycles. The zero-order valence-corrected chi connectivity index (χ0v) is 16.7. The van der Waals surface area contributed by atoms with Crippen molar-refractivity contribution >= 4 is 29.0 Å². The third kappa shape index (κ3) is 5.51. The summed E-state index contributed by atoms with van der Waals surface area (Å²) in [5, 5.41) is 1.59. The van der Waals surface area contributed by atoms with Gasteiger partial charge in [-0.2, -0.15) is 5.06 Å². The lowest BCUT2D eigenvalue weighted by Gasteiger charge is -2.23. The van der Waals surface area contributed by atoms with Crippen LogP contribution in [-0.4, -0.2) is 68.2 Å². The van der Waals surface area contributed by atoms with E-state index in [4.69, 9.17) is 9.57 Å². The number of cyclic esters (lactones) is 1. The minimum absolute atomic E-state index is 0.00749. The van der Waals surface area contributed by atoms with Crippen molar-refractivity contribution in [3.63, 3.8) is 0 Å². The van der Waals surface area contributed by atoms with Gasteiger partial charge in [-0.25, -0.2) is 9.18 Å². The van der Waals surface area contributed by atoms with Gasteiger partial charge in [0.2, 0.25) is 0 Å². The molecule has 158 valence electrons. The molecule has 2 aliphatic rings. The fourth-order valence-electron chi connectivity index (χ4n) is 3.47. The van der Waals surface area contributed by atoms with Crippen molar-refractivity contribution in [3.05, 3.63) is 24.0 Å². The number of benzene rings is 1. The molecule has 0 bridgehead atoms. The summed E-state index contributed by atoms with van der Waals surface area (Å²) in [4.78, 5) is 43.3. The summed E-state index contributed by atoms with van der Waals surface area (Å²) in [5.74, 6) is -0.395. The SMILES string of the molecule is CC(=O)CC[C@H]1CN(c2ccc(N3CCON(CC(C)=O)CC3)c(F)c2)C(=O)O1. The van der Waals surface area contributed by atoms with E-state index in [2.05, 4.69) is 0 Å². The molecule has 9 heteroatoms. The lowest BCUT2D eigenvalue weighted by molar-refractivity contribution is -0.157. The summed E-state index contributed by atoms with van der Waals surface area (Å²) in [7, 11) is 0. The topological polar surface area (TPSA) is 79.4 Å². The van der Waals surface area contributed by atoms with E-state index in [1.807, 2.05) is 4.90 Å². The van der Waals surface area contributed by atoms with Crippen molar-refractivity contribution < 1.29 is 28.3 Å². The van der Waals surface area contributed by atoms with E-state index in [1.54, 1.807) is 17.2 Å². The highest BCUT2D eigenvalue weighted by atomic mass is 19.1. The number of hydrogen-bond donors (Lipinski definition) is 0. The number of carbonyl (C=O) groups is 3. The molecule has 0 unspecified atom stereocenters. The second-order valence-corrected chi connectivity index (χ2v) is 7.38. The molecule has 2 fully saturated rings. The number of hydrogen-bond acceptors (Lipinski definition) is 7. The van der Waals surface area contributed by atoms with Gasteiger partial charge in [0.05, 0.1) is 31.1 Å². The van der Waals surface area contributed by atoms with Crippen LogP contribution in [0.1, 0.15) is 26.7 Å². The highest BCUT2D eigenvalue weighted by molar-refractivity contribution is 5.90. The van der Waals surface area contributed by atoms with Gasteiger partial charge >= 0.3 is 6.09 Å². The maximum Gasteiger partial charge on any atom is 0.414 e. The van der Waals surface area contributed by atoms with Gasteiger partial charge in [-0.15, -0.1) is 0 Å². The second kappa shape index (κ2) is 9.32. The van der Waals surface area contributed by atoms with E-state index >= 15 is 0 Å². The first-order valence-corrected chi connectivity index (χ1v) is 9.73. The van der Waals surface area contributed by atoms with Crippen LogP contribution in [0.5, 0.6) is 0 Å². The fraction of sp³-hybridized carbons (Fsp3) is 0.550. The van der Waals surface area contributed by atoms with Crippen molar-refractivity contribution in [1.29, 1.82) is 0 Å². The third-order valence-electron chi connectivity index (χ3n) is 4.93. The maximum atomic E-state index is 14.8. The first-order chi connectivity index (χ1) is 13.8. The average Bonchev–Trinajstić information content (AvgIpc) is 2.87. The van der Waals surface area contributed by atoms with Crippen LogP contribution in [0.25, 0.3) is 0 Å². The number of Topliss-reactive ketones (excluding diaryl/α,β-unsaturated/α-hetero) is 2. The Hall–Kier alpha value is -2.52. The highest BCUT2D eigenvalue weighted by Crippen LogP contribution is 2.29. The smallest absolute Gasteiger partial charge is 0.414 e. The van der Waals surface area contributed by atoms with Crippen molar-refractivity contribution in [3.8, 4) is 0 Å². The molecule has 0 aromatic heterocycles. The van der Waals surface area contributed by atoms with Crippen LogP contribution < -0.4 is 9.80 Å². The van der Waals surface area contributed by atoms with Crippen molar-refractivity contribution in [2.75, 3.05) is 49.1 Å². The van der Waals surface area contributed by atoms with Gasteiger partial charge in [-0.1, -0.05) is 0 Å². The number of nitrogens with zero attached hydrogens (tertiary/aromatic N) is 3. The molecule has 8 nitrogen and oxygen atoms in total. The average molecular weight is 407 g/mol. The number of hydroxylamine groups is 2. The molecule has 0 spiro atoms. The van der Waals surface area contributed by atoms with E-state index in [-0.39, 0.29) is 24.2 Å². The minimum atomic E-state index is -0.534. The quantitative estimate of drug-likeness (QED) is 0.685. The number of halogens is 1. The summed E-state index contributed by atoms with van der Waals surface area (Å²) in [6.07, 6.45) is -0.0997. The molecule has 1 aromatic carbocycles. The Morgan fingerprint density at radius 2 is 1.97 bits per heavy atom. The number of ketones is 2. The van der Waals surface area contributed by atoms with Crippen molar-refractivity contribution in [1.82, 2.24) is 5.06 Å². The normalized spacial score (nSPS) is 20.5. The predicted molar refractivity (Wildman–Crippen MR) is 104 cm³/mol. The Bertz CT molecular complexity index is 787. The zero-order valence-electron chi connectivity index (χ0n) is 16.7. The molecule has 0 radical (unpaired) electrons. The second-order valence-electron chi connectivity index (χ2n) is 7.38. The van der Waals surface area contributed by atoms with Gasteiger partial charge in [0.15, 0.2) is 0 Å². The highest BCUT2D eigenvalue weighted by Gasteiger charge is 2.33. The van der Waals surface area contributed by atoms with E-state index in [1.165, 1.54) is 24.8 Å². The van der Waals surface area contributed by atoms with E-state index in [0.717, 1.165) is 0 Å². The molecule has 2 saturated heterocycles. The Morgan fingerprint density at radius 1 is 1.17 bits per heavy atom. The van der Waals surface area contributed by atoms with Crippen LogP contribution in [0.2, 0.25) is 0 Å². The largest absolute Gasteiger partial charge is 0.444 e. The van der Waals surface area contributed by atoms with Crippen LogP contribution in [0.15, 0.2) is 18.2 Å².